The lowest BCUT2D eigenvalue weighted by Crippen LogP contribution is -2.22. The summed E-state index contributed by atoms with van der Waals surface area (Å²) in [6.07, 6.45) is 0. The molecule has 4 aromatic rings. The molecule has 0 aliphatic heterocycles. The molecule has 11 nitrogen and oxygen atoms in total. The van der Waals surface area contributed by atoms with E-state index in [1.54, 1.807) is 18.2 Å². The Kier molecular flexibility index (Phi) is 4.97. The quantitative estimate of drug-likeness (QED) is 0.473. The standard InChI is InChI=1S/C17H14ClN7O4S/c1-25(2)30(27,28)10-4-6-14-12(8-10)15(22-29-14)17(26)19-13-5-3-9(18)7-11(13)16-20-23-24-21-16/h3-8H,1-2H3,(H,19,26)(H,20,21,23,24). The molecule has 0 atom stereocenters. The fourth-order valence-electron chi connectivity index (χ4n) is 2.72. The van der Waals surface area contributed by atoms with E-state index < -0.39 is 15.9 Å². The second-order valence-corrected chi connectivity index (χ2v) is 8.94. The first kappa shape index (κ1) is 19.9. The Hall–Kier alpha value is -3.35. The molecule has 0 aliphatic rings. The van der Waals surface area contributed by atoms with Crippen LogP contribution in [0.3, 0.4) is 0 Å². The number of halogens is 1. The van der Waals surface area contributed by atoms with Crippen LogP contribution in [0.2, 0.25) is 5.02 Å². The maximum atomic E-state index is 12.9. The van der Waals surface area contributed by atoms with E-state index in [0.717, 1.165) is 4.31 Å². The van der Waals surface area contributed by atoms with Gasteiger partial charge in [0.1, 0.15) is 0 Å². The van der Waals surface area contributed by atoms with Gasteiger partial charge in [0.15, 0.2) is 11.3 Å². The molecule has 0 unspecified atom stereocenters. The van der Waals surface area contributed by atoms with Crippen molar-refractivity contribution >= 4 is 44.2 Å². The minimum atomic E-state index is -3.70. The third kappa shape index (κ3) is 3.51. The Labute approximate surface area is 175 Å². The summed E-state index contributed by atoms with van der Waals surface area (Å²) >= 11 is 6.05. The van der Waals surface area contributed by atoms with Crippen molar-refractivity contribution in [2.75, 3.05) is 19.4 Å². The molecule has 13 heteroatoms. The van der Waals surface area contributed by atoms with Crippen molar-refractivity contribution in [1.82, 2.24) is 30.1 Å². The molecule has 2 aromatic heterocycles. The number of benzene rings is 2. The second-order valence-electron chi connectivity index (χ2n) is 6.36. The molecule has 1 amide bonds. The fraction of sp³-hybridized carbons (Fsp3) is 0.118. The maximum Gasteiger partial charge on any atom is 0.278 e. The SMILES string of the molecule is CN(C)S(=O)(=O)c1ccc2onc(C(=O)Nc3ccc(Cl)cc3-c3nn[nH]n3)c2c1. The summed E-state index contributed by atoms with van der Waals surface area (Å²) in [5, 5.41) is 20.8. The third-order valence-electron chi connectivity index (χ3n) is 4.25. The van der Waals surface area contributed by atoms with E-state index in [9.17, 15) is 13.2 Å². The fourth-order valence-corrected chi connectivity index (χ4v) is 3.82. The zero-order valence-corrected chi connectivity index (χ0v) is 17.2. The van der Waals surface area contributed by atoms with E-state index >= 15 is 0 Å². The van der Waals surface area contributed by atoms with Crippen LogP contribution < -0.4 is 5.32 Å². The molecular weight excluding hydrogens is 434 g/mol. The second kappa shape index (κ2) is 7.48. The van der Waals surface area contributed by atoms with Gasteiger partial charge in [0.05, 0.1) is 16.0 Å². The molecule has 0 saturated heterocycles. The number of anilines is 1. The number of rotatable bonds is 5. The Morgan fingerprint density at radius 1 is 1.20 bits per heavy atom. The van der Waals surface area contributed by atoms with Gasteiger partial charge >= 0.3 is 0 Å². The van der Waals surface area contributed by atoms with Crippen LogP contribution in [0, 0.1) is 0 Å². The number of tetrazole rings is 1. The maximum absolute atomic E-state index is 12.9. The Morgan fingerprint density at radius 3 is 2.70 bits per heavy atom. The molecule has 30 heavy (non-hydrogen) atoms. The van der Waals surface area contributed by atoms with Gasteiger partial charge < -0.3 is 9.84 Å². The van der Waals surface area contributed by atoms with Crippen molar-refractivity contribution in [3.63, 3.8) is 0 Å². The molecule has 0 spiro atoms. The zero-order chi connectivity index (χ0) is 21.5. The van der Waals surface area contributed by atoms with Gasteiger partial charge in [-0.25, -0.2) is 12.7 Å². The summed E-state index contributed by atoms with van der Waals surface area (Å²) in [5.74, 6) is -0.377. The highest BCUT2D eigenvalue weighted by atomic mass is 35.5. The monoisotopic (exact) mass is 447 g/mol. The topological polar surface area (TPSA) is 147 Å². The van der Waals surface area contributed by atoms with Crippen LogP contribution in [-0.2, 0) is 10.0 Å². The van der Waals surface area contributed by atoms with Gasteiger partial charge in [-0.15, -0.1) is 10.2 Å². The van der Waals surface area contributed by atoms with E-state index in [1.165, 1.54) is 32.3 Å². The summed E-state index contributed by atoms with van der Waals surface area (Å²) in [6, 6.07) is 8.92. The number of fused-ring (bicyclic) bond motifs is 1. The van der Waals surface area contributed by atoms with Crippen molar-refractivity contribution in [2.45, 2.75) is 4.90 Å². The van der Waals surface area contributed by atoms with E-state index in [0.29, 0.717) is 16.3 Å². The number of carbonyl (C=O) groups excluding carboxylic acids is 1. The number of aromatic amines is 1. The molecule has 2 heterocycles. The van der Waals surface area contributed by atoms with Crippen LogP contribution in [0.1, 0.15) is 10.5 Å². The number of nitrogens with zero attached hydrogens (tertiary/aromatic N) is 5. The van der Waals surface area contributed by atoms with E-state index in [4.69, 9.17) is 16.1 Å². The molecule has 0 saturated carbocycles. The third-order valence-corrected chi connectivity index (χ3v) is 6.30. The molecule has 2 N–H and O–H groups in total. The van der Waals surface area contributed by atoms with Crippen LogP contribution in [0.4, 0.5) is 5.69 Å². The van der Waals surface area contributed by atoms with E-state index in [2.05, 4.69) is 31.1 Å². The number of nitrogens with one attached hydrogen (secondary N) is 2. The van der Waals surface area contributed by atoms with Crippen molar-refractivity contribution in [2.24, 2.45) is 0 Å². The molecule has 154 valence electrons. The number of carbonyl (C=O) groups is 1. The molecule has 0 aliphatic carbocycles. The molecule has 0 fully saturated rings. The first-order valence-electron chi connectivity index (χ1n) is 8.44. The summed E-state index contributed by atoms with van der Waals surface area (Å²) in [6.45, 7) is 0. The minimum Gasteiger partial charge on any atom is -0.355 e. The highest BCUT2D eigenvalue weighted by molar-refractivity contribution is 7.89. The summed E-state index contributed by atoms with van der Waals surface area (Å²) in [4.78, 5) is 12.9. The molecule has 2 aromatic carbocycles. The number of sulfonamides is 1. The number of H-pyrrole nitrogens is 1. The smallest absolute Gasteiger partial charge is 0.278 e. The lowest BCUT2D eigenvalue weighted by Gasteiger charge is -2.11. The highest BCUT2D eigenvalue weighted by Crippen LogP contribution is 2.29. The van der Waals surface area contributed by atoms with Crippen LogP contribution in [-0.4, -0.2) is 58.5 Å². The van der Waals surface area contributed by atoms with Crippen LogP contribution in [0.5, 0.6) is 0 Å². The minimum absolute atomic E-state index is 0.0104. The molecule has 0 radical (unpaired) electrons. The zero-order valence-electron chi connectivity index (χ0n) is 15.6. The highest BCUT2D eigenvalue weighted by Gasteiger charge is 2.23. The lowest BCUT2D eigenvalue weighted by atomic mass is 10.1. The van der Waals surface area contributed by atoms with Gasteiger partial charge in [-0.05, 0) is 41.6 Å². The van der Waals surface area contributed by atoms with Gasteiger partial charge in [0, 0.05) is 24.7 Å². The predicted molar refractivity (Wildman–Crippen MR) is 107 cm³/mol. The first-order valence-corrected chi connectivity index (χ1v) is 10.3. The summed E-state index contributed by atoms with van der Waals surface area (Å²) < 4.78 is 31.1. The molecule has 4 rings (SSSR count). The molecular formula is C17H14ClN7O4S. The van der Waals surface area contributed by atoms with Crippen LogP contribution >= 0.6 is 11.6 Å². The van der Waals surface area contributed by atoms with Crippen LogP contribution in [0.25, 0.3) is 22.4 Å². The average molecular weight is 448 g/mol. The number of hydrogen-bond acceptors (Lipinski definition) is 8. The van der Waals surface area contributed by atoms with Crippen molar-refractivity contribution < 1.29 is 17.7 Å². The van der Waals surface area contributed by atoms with Gasteiger partial charge in [0.25, 0.3) is 5.91 Å². The Balaban J connectivity index is 1.73. The Morgan fingerprint density at radius 2 is 2.00 bits per heavy atom. The van der Waals surface area contributed by atoms with Crippen molar-refractivity contribution in [1.29, 1.82) is 0 Å². The van der Waals surface area contributed by atoms with Gasteiger partial charge in [-0.2, -0.15) is 5.21 Å². The average Bonchev–Trinajstić information content (AvgIpc) is 3.38. The van der Waals surface area contributed by atoms with Gasteiger partial charge in [-0.1, -0.05) is 16.8 Å². The summed E-state index contributed by atoms with van der Waals surface area (Å²) in [7, 11) is -0.863. The van der Waals surface area contributed by atoms with Crippen LogP contribution in [0.15, 0.2) is 45.8 Å². The number of amides is 1. The summed E-state index contributed by atoms with van der Waals surface area (Å²) in [5.41, 5.74) is 0.995. The molecule has 0 bridgehead atoms. The number of aromatic nitrogens is 5. The van der Waals surface area contributed by atoms with Gasteiger partial charge in [0.2, 0.25) is 15.8 Å². The van der Waals surface area contributed by atoms with Crippen molar-refractivity contribution in [3.05, 3.63) is 47.1 Å². The predicted octanol–water partition coefficient (Wildman–Crippen LogP) is 2.16. The largest absolute Gasteiger partial charge is 0.355 e. The van der Waals surface area contributed by atoms with Crippen molar-refractivity contribution in [3.8, 4) is 11.4 Å². The normalized spacial score (nSPS) is 11.9. The van der Waals surface area contributed by atoms with E-state index in [1.807, 2.05) is 0 Å². The number of hydrogen-bond donors (Lipinski definition) is 2. The first-order chi connectivity index (χ1) is 14.3. The van der Waals surface area contributed by atoms with Gasteiger partial charge in [-0.3, -0.25) is 4.79 Å². The van der Waals surface area contributed by atoms with E-state index in [-0.39, 0.29) is 27.4 Å². The lowest BCUT2D eigenvalue weighted by molar-refractivity contribution is 0.102. The Bertz CT molecular complexity index is 1350.